The molecule has 1 amide bonds. The van der Waals surface area contributed by atoms with Crippen molar-refractivity contribution in [3.05, 3.63) is 52.2 Å². The second-order valence-corrected chi connectivity index (χ2v) is 7.72. The number of thiophene rings is 1. The van der Waals surface area contributed by atoms with E-state index in [1.54, 1.807) is 31.2 Å². The van der Waals surface area contributed by atoms with Gasteiger partial charge in [0, 0.05) is 10.6 Å². The molecular weight excluding hydrogens is 318 g/mol. The summed E-state index contributed by atoms with van der Waals surface area (Å²) in [4.78, 5) is 13.7. The highest BCUT2D eigenvalue weighted by molar-refractivity contribution is 7.85. The Hall–Kier alpha value is -1.50. The molecule has 0 spiro atoms. The van der Waals surface area contributed by atoms with Gasteiger partial charge < -0.3 is 10.4 Å². The molecule has 2 N–H and O–H groups in total. The molecule has 1 aromatic carbocycles. The van der Waals surface area contributed by atoms with Crippen molar-refractivity contribution in [1.82, 2.24) is 5.32 Å². The van der Waals surface area contributed by atoms with E-state index in [4.69, 9.17) is 0 Å². The Bertz CT molecular complexity index is 666. The summed E-state index contributed by atoms with van der Waals surface area (Å²) in [5.74, 6) is 0.131. The van der Waals surface area contributed by atoms with E-state index >= 15 is 0 Å². The van der Waals surface area contributed by atoms with Crippen LogP contribution in [0.4, 0.5) is 0 Å². The lowest BCUT2D eigenvalue weighted by molar-refractivity contribution is 0.0556. The maximum atomic E-state index is 12.3. The van der Waals surface area contributed by atoms with Gasteiger partial charge in [0.05, 0.1) is 27.8 Å². The fourth-order valence-electron chi connectivity index (χ4n) is 2.03. The molecule has 4 nitrogen and oxygen atoms in total. The first-order valence-corrected chi connectivity index (χ1v) is 9.17. The number of benzene rings is 1. The van der Waals surface area contributed by atoms with Crippen LogP contribution in [-0.2, 0) is 16.4 Å². The quantitative estimate of drug-likeness (QED) is 0.851. The van der Waals surface area contributed by atoms with E-state index in [1.807, 2.05) is 24.4 Å². The van der Waals surface area contributed by atoms with Gasteiger partial charge in [-0.1, -0.05) is 25.1 Å². The van der Waals surface area contributed by atoms with Gasteiger partial charge in [0.2, 0.25) is 0 Å². The van der Waals surface area contributed by atoms with Crippen molar-refractivity contribution in [1.29, 1.82) is 0 Å². The first-order valence-electron chi connectivity index (χ1n) is 6.97. The number of hydrogen-bond donors (Lipinski definition) is 2. The molecule has 0 radical (unpaired) electrons. The third-order valence-electron chi connectivity index (χ3n) is 3.28. The standard InChI is InChI=1S/C16H19NO3S2/c1-3-22(20)13-8-5-4-7-12(13)15(18)17-11-16(2,19)14-9-6-10-21-14/h4-10,19H,3,11H2,1-2H3,(H,17,18). The van der Waals surface area contributed by atoms with Crippen molar-refractivity contribution in [3.8, 4) is 0 Å². The Morgan fingerprint density at radius 2 is 2.05 bits per heavy atom. The Morgan fingerprint density at radius 1 is 1.32 bits per heavy atom. The molecule has 6 heteroatoms. The smallest absolute Gasteiger partial charge is 0.252 e. The summed E-state index contributed by atoms with van der Waals surface area (Å²) in [7, 11) is -1.20. The molecule has 0 aliphatic heterocycles. The van der Waals surface area contributed by atoms with Gasteiger partial charge in [0.1, 0.15) is 5.60 Å². The van der Waals surface area contributed by atoms with Crippen LogP contribution in [0.2, 0.25) is 0 Å². The summed E-state index contributed by atoms with van der Waals surface area (Å²) in [6, 6.07) is 10.5. The molecule has 22 heavy (non-hydrogen) atoms. The average molecular weight is 337 g/mol. The van der Waals surface area contributed by atoms with Crippen LogP contribution in [0.15, 0.2) is 46.7 Å². The fourth-order valence-corrected chi connectivity index (χ4v) is 3.76. The second kappa shape index (κ2) is 7.17. The molecule has 0 bridgehead atoms. The van der Waals surface area contributed by atoms with Crippen molar-refractivity contribution in [2.75, 3.05) is 12.3 Å². The van der Waals surface area contributed by atoms with Crippen molar-refractivity contribution in [2.45, 2.75) is 24.3 Å². The minimum atomic E-state index is -1.20. The number of hydrogen-bond acceptors (Lipinski definition) is 4. The van der Waals surface area contributed by atoms with Gasteiger partial charge in [-0.2, -0.15) is 0 Å². The monoisotopic (exact) mass is 337 g/mol. The molecule has 2 aromatic rings. The first-order chi connectivity index (χ1) is 10.5. The number of nitrogens with one attached hydrogen (secondary N) is 1. The SMILES string of the molecule is CCS(=O)c1ccccc1C(=O)NCC(C)(O)c1cccs1. The second-order valence-electron chi connectivity index (χ2n) is 5.06. The van der Waals surface area contributed by atoms with Crippen molar-refractivity contribution in [2.24, 2.45) is 0 Å². The van der Waals surface area contributed by atoms with Gasteiger partial charge in [-0.05, 0) is 30.5 Å². The average Bonchev–Trinajstić information content (AvgIpc) is 3.07. The van der Waals surface area contributed by atoms with Crippen LogP contribution in [0, 0.1) is 0 Å². The van der Waals surface area contributed by atoms with Crippen LogP contribution in [0.25, 0.3) is 0 Å². The molecule has 0 saturated carbocycles. The first kappa shape index (κ1) is 16.9. The molecule has 2 unspecified atom stereocenters. The van der Waals surface area contributed by atoms with Gasteiger partial charge in [0.15, 0.2) is 0 Å². The molecule has 1 heterocycles. The summed E-state index contributed by atoms with van der Waals surface area (Å²) < 4.78 is 12.0. The van der Waals surface area contributed by atoms with E-state index in [0.29, 0.717) is 16.2 Å². The molecule has 118 valence electrons. The van der Waals surface area contributed by atoms with Crippen LogP contribution in [0.5, 0.6) is 0 Å². The highest BCUT2D eigenvalue weighted by Gasteiger charge is 2.25. The largest absolute Gasteiger partial charge is 0.383 e. The predicted octanol–water partition coefficient (Wildman–Crippen LogP) is 2.51. The zero-order valence-corrected chi connectivity index (χ0v) is 14.2. The van der Waals surface area contributed by atoms with Crippen LogP contribution < -0.4 is 5.32 Å². The van der Waals surface area contributed by atoms with Crippen LogP contribution in [0.3, 0.4) is 0 Å². The van der Waals surface area contributed by atoms with Crippen LogP contribution >= 0.6 is 11.3 Å². The molecule has 2 rings (SSSR count). The highest BCUT2D eigenvalue weighted by atomic mass is 32.2. The topological polar surface area (TPSA) is 66.4 Å². The van der Waals surface area contributed by atoms with Gasteiger partial charge in [-0.3, -0.25) is 9.00 Å². The number of rotatable bonds is 6. The Morgan fingerprint density at radius 3 is 2.68 bits per heavy atom. The molecule has 0 fully saturated rings. The third-order valence-corrected chi connectivity index (χ3v) is 5.78. The molecule has 1 aromatic heterocycles. The number of aliphatic hydroxyl groups is 1. The number of carbonyl (C=O) groups excluding carboxylic acids is 1. The zero-order chi connectivity index (χ0) is 16.2. The van der Waals surface area contributed by atoms with E-state index in [-0.39, 0.29) is 12.5 Å². The lowest BCUT2D eigenvalue weighted by Gasteiger charge is -2.22. The van der Waals surface area contributed by atoms with Crippen LogP contribution in [-0.4, -0.2) is 27.5 Å². The minimum absolute atomic E-state index is 0.0967. The van der Waals surface area contributed by atoms with Gasteiger partial charge in [0.25, 0.3) is 5.91 Å². The number of carbonyl (C=O) groups is 1. The van der Waals surface area contributed by atoms with Crippen molar-refractivity contribution >= 4 is 28.0 Å². The summed E-state index contributed by atoms with van der Waals surface area (Å²) in [6.07, 6.45) is 0. The Balaban J connectivity index is 2.12. The lowest BCUT2D eigenvalue weighted by Crippen LogP contribution is -2.38. The van der Waals surface area contributed by atoms with Gasteiger partial charge >= 0.3 is 0 Å². The number of amides is 1. The van der Waals surface area contributed by atoms with Crippen LogP contribution in [0.1, 0.15) is 29.1 Å². The third kappa shape index (κ3) is 3.82. The molecule has 2 atom stereocenters. The van der Waals surface area contributed by atoms with E-state index in [9.17, 15) is 14.1 Å². The van der Waals surface area contributed by atoms with Gasteiger partial charge in [-0.25, -0.2) is 0 Å². The highest BCUT2D eigenvalue weighted by Crippen LogP contribution is 2.24. The van der Waals surface area contributed by atoms with E-state index in [1.165, 1.54) is 11.3 Å². The van der Waals surface area contributed by atoms with E-state index in [0.717, 1.165) is 4.88 Å². The zero-order valence-electron chi connectivity index (χ0n) is 12.5. The lowest BCUT2D eigenvalue weighted by atomic mass is 10.1. The Labute approximate surface area is 136 Å². The maximum absolute atomic E-state index is 12.3. The summed E-state index contributed by atoms with van der Waals surface area (Å²) >= 11 is 1.44. The van der Waals surface area contributed by atoms with E-state index < -0.39 is 16.4 Å². The van der Waals surface area contributed by atoms with Crippen molar-refractivity contribution < 1.29 is 14.1 Å². The normalized spacial score (nSPS) is 15.0. The van der Waals surface area contributed by atoms with E-state index in [2.05, 4.69) is 5.32 Å². The molecule has 0 aliphatic carbocycles. The Kier molecular flexibility index (Phi) is 5.50. The summed E-state index contributed by atoms with van der Waals surface area (Å²) in [5.41, 5.74) is -0.729. The molecular formula is C16H19NO3S2. The predicted molar refractivity (Wildman–Crippen MR) is 89.6 cm³/mol. The maximum Gasteiger partial charge on any atom is 0.252 e. The molecule has 0 saturated heterocycles. The summed E-state index contributed by atoms with van der Waals surface area (Å²) in [6.45, 7) is 3.57. The minimum Gasteiger partial charge on any atom is -0.383 e. The summed E-state index contributed by atoms with van der Waals surface area (Å²) in [5, 5.41) is 15.0. The van der Waals surface area contributed by atoms with Crippen molar-refractivity contribution in [3.63, 3.8) is 0 Å². The van der Waals surface area contributed by atoms with Gasteiger partial charge in [-0.15, -0.1) is 11.3 Å². The molecule has 0 aliphatic rings. The fraction of sp³-hybridized carbons (Fsp3) is 0.312.